The average Bonchev–Trinajstić information content (AvgIpc) is 2.88. The average molecular weight is 262 g/mol. The molecule has 0 aliphatic rings. The quantitative estimate of drug-likeness (QED) is 0.881. The molecule has 1 heterocycles. The first-order valence-corrected chi connectivity index (χ1v) is 5.58. The van der Waals surface area contributed by atoms with Crippen LogP contribution in [0.1, 0.15) is 16.2 Å². The molecule has 19 heavy (non-hydrogen) atoms. The monoisotopic (exact) mass is 262 g/mol. The van der Waals surface area contributed by atoms with Crippen LogP contribution in [0.5, 0.6) is 11.5 Å². The molecule has 0 aliphatic heterocycles. The van der Waals surface area contributed by atoms with Gasteiger partial charge in [0, 0.05) is 5.56 Å². The highest BCUT2D eigenvalue weighted by Crippen LogP contribution is 2.34. The number of aromatic amines is 1. The lowest BCUT2D eigenvalue weighted by Crippen LogP contribution is -1.98. The largest absolute Gasteiger partial charge is 0.496 e. The zero-order chi connectivity index (χ0) is 14.0. The summed E-state index contributed by atoms with van der Waals surface area (Å²) in [5.41, 5.74) is 2.19. The molecule has 0 amide bonds. The third kappa shape index (κ3) is 2.37. The van der Waals surface area contributed by atoms with Gasteiger partial charge in [0.15, 0.2) is 0 Å². The van der Waals surface area contributed by atoms with E-state index >= 15 is 0 Å². The Labute approximate surface area is 110 Å². The number of benzene rings is 1. The van der Waals surface area contributed by atoms with Crippen molar-refractivity contribution in [3.05, 3.63) is 29.7 Å². The van der Waals surface area contributed by atoms with Crippen LogP contribution in [-0.2, 0) is 0 Å². The number of carboxylic acid groups (broad SMARTS) is 1. The molecule has 0 saturated heterocycles. The van der Waals surface area contributed by atoms with E-state index < -0.39 is 5.97 Å². The van der Waals surface area contributed by atoms with E-state index in [4.69, 9.17) is 14.6 Å². The fourth-order valence-electron chi connectivity index (χ4n) is 1.83. The second kappa shape index (κ2) is 5.01. The van der Waals surface area contributed by atoms with Crippen molar-refractivity contribution in [2.75, 3.05) is 14.2 Å². The standard InChI is InChI=1S/C13H14N2O4/c1-7-4-11(19-3)8(5-10(7)18-2)9-6-14-12(15-9)13(16)17/h4-6H,1-3H3,(H,14,15)(H,16,17). The summed E-state index contributed by atoms with van der Waals surface area (Å²) >= 11 is 0. The van der Waals surface area contributed by atoms with Gasteiger partial charge < -0.3 is 19.6 Å². The van der Waals surface area contributed by atoms with E-state index in [-0.39, 0.29) is 5.82 Å². The van der Waals surface area contributed by atoms with Crippen molar-refractivity contribution in [3.63, 3.8) is 0 Å². The molecule has 0 saturated carbocycles. The fourth-order valence-corrected chi connectivity index (χ4v) is 1.83. The van der Waals surface area contributed by atoms with Gasteiger partial charge in [0.2, 0.25) is 5.82 Å². The lowest BCUT2D eigenvalue weighted by atomic mass is 10.1. The molecule has 6 heteroatoms. The van der Waals surface area contributed by atoms with Gasteiger partial charge in [0.05, 0.1) is 26.1 Å². The number of aromatic nitrogens is 2. The highest BCUT2D eigenvalue weighted by atomic mass is 16.5. The van der Waals surface area contributed by atoms with Crippen molar-refractivity contribution >= 4 is 5.97 Å². The summed E-state index contributed by atoms with van der Waals surface area (Å²) in [6, 6.07) is 3.61. The number of carbonyl (C=O) groups is 1. The second-order valence-corrected chi connectivity index (χ2v) is 3.97. The van der Waals surface area contributed by atoms with E-state index in [1.54, 1.807) is 20.3 Å². The van der Waals surface area contributed by atoms with E-state index in [1.807, 2.05) is 13.0 Å². The number of aryl methyl sites for hydroxylation is 1. The number of H-pyrrole nitrogens is 1. The number of nitrogens with zero attached hydrogens (tertiary/aromatic N) is 1. The minimum absolute atomic E-state index is 0.114. The molecule has 0 atom stereocenters. The number of nitrogens with one attached hydrogen (secondary N) is 1. The smallest absolute Gasteiger partial charge is 0.371 e. The van der Waals surface area contributed by atoms with Gasteiger partial charge in [0.1, 0.15) is 11.5 Å². The maximum Gasteiger partial charge on any atom is 0.371 e. The first-order valence-electron chi connectivity index (χ1n) is 5.58. The Kier molecular flexibility index (Phi) is 3.41. The van der Waals surface area contributed by atoms with Crippen LogP contribution < -0.4 is 9.47 Å². The lowest BCUT2D eigenvalue weighted by Gasteiger charge is -2.11. The number of imidazole rings is 1. The Morgan fingerprint density at radius 1 is 1.26 bits per heavy atom. The van der Waals surface area contributed by atoms with Crippen LogP contribution in [-0.4, -0.2) is 35.3 Å². The highest BCUT2D eigenvalue weighted by Gasteiger charge is 2.15. The van der Waals surface area contributed by atoms with Crippen molar-refractivity contribution in [3.8, 4) is 22.8 Å². The van der Waals surface area contributed by atoms with E-state index in [0.717, 1.165) is 5.56 Å². The summed E-state index contributed by atoms with van der Waals surface area (Å²) in [5.74, 6) is 0.0991. The molecule has 0 aliphatic carbocycles. The van der Waals surface area contributed by atoms with Gasteiger partial charge in [-0.3, -0.25) is 0 Å². The van der Waals surface area contributed by atoms with Gasteiger partial charge in [-0.1, -0.05) is 0 Å². The minimum Gasteiger partial charge on any atom is -0.496 e. The third-order valence-electron chi connectivity index (χ3n) is 2.79. The van der Waals surface area contributed by atoms with Gasteiger partial charge in [-0.25, -0.2) is 9.78 Å². The van der Waals surface area contributed by atoms with Crippen LogP contribution in [0.15, 0.2) is 18.3 Å². The fraction of sp³-hybridized carbons (Fsp3) is 0.231. The first kappa shape index (κ1) is 12.9. The number of hydrogen-bond acceptors (Lipinski definition) is 4. The van der Waals surface area contributed by atoms with Gasteiger partial charge in [-0.2, -0.15) is 0 Å². The molecular weight excluding hydrogens is 248 g/mol. The Hall–Kier alpha value is -2.50. The summed E-state index contributed by atoms with van der Waals surface area (Å²) in [7, 11) is 3.13. The topological polar surface area (TPSA) is 84.4 Å². The molecule has 0 radical (unpaired) electrons. The van der Waals surface area contributed by atoms with Gasteiger partial charge in [0.25, 0.3) is 0 Å². The van der Waals surface area contributed by atoms with Crippen molar-refractivity contribution in [1.29, 1.82) is 0 Å². The molecule has 1 aromatic carbocycles. The lowest BCUT2D eigenvalue weighted by molar-refractivity contribution is 0.0685. The van der Waals surface area contributed by atoms with E-state index in [1.165, 1.54) is 6.20 Å². The molecular formula is C13H14N2O4. The first-order chi connectivity index (χ1) is 9.06. The molecule has 2 aromatic rings. The molecule has 6 nitrogen and oxygen atoms in total. The summed E-state index contributed by atoms with van der Waals surface area (Å²) in [4.78, 5) is 17.3. The van der Waals surface area contributed by atoms with E-state index in [9.17, 15) is 4.79 Å². The Morgan fingerprint density at radius 3 is 2.47 bits per heavy atom. The zero-order valence-electron chi connectivity index (χ0n) is 10.9. The summed E-state index contributed by atoms with van der Waals surface area (Å²) in [6.07, 6.45) is 1.45. The highest BCUT2D eigenvalue weighted by molar-refractivity contribution is 5.84. The van der Waals surface area contributed by atoms with Gasteiger partial charge in [-0.15, -0.1) is 0 Å². The number of aromatic carboxylic acids is 1. The third-order valence-corrected chi connectivity index (χ3v) is 2.79. The van der Waals surface area contributed by atoms with Crippen molar-refractivity contribution in [2.24, 2.45) is 0 Å². The van der Waals surface area contributed by atoms with E-state index in [2.05, 4.69) is 9.97 Å². The van der Waals surface area contributed by atoms with Gasteiger partial charge in [-0.05, 0) is 24.6 Å². The van der Waals surface area contributed by atoms with Crippen molar-refractivity contribution in [2.45, 2.75) is 6.92 Å². The van der Waals surface area contributed by atoms with Crippen LogP contribution in [0.2, 0.25) is 0 Å². The van der Waals surface area contributed by atoms with Crippen molar-refractivity contribution < 1.29 is 19.4 Å². The molecule has 2 N–H and O–H groups in total. The number of carboxylic acids is 1. The van der Waals surface area contributed by atoms with E-state index in [0.29, 0.717) is 22.8 Å². The van der Waals surface area contributed by atoms with Crippen molar-refractivity contribution in [1.82, 2.24) is 9.97 Å². The van der Waals surface area contributed by atoms with Crippen LogP contribution >= 0.6 is 0 Å². The predicted molar refractivity (Wildman–Crippen MR) is 68.8 cm³/mol. The zero-order valence-corrected chi connectivity index (χ0v) is 10.9. The summed E-state index contributed by atoms with van der Waals surface area (Å²) in [5, 5.41) is 8.87. The van der Waals surface area contributed by atoms with Gasteiger partial charge >= 0.3 is 5.97 Å². The number of methoxy groups -OCH3 is 2. The molecule has 1 aromatic heterocycles. The normalized spacial score (nSPS) is 10.3. The Morgan fingerprint density at radius 2 is 1.95 bits per heavy atom. The summed E-state index contributed by atoms with van der Waals surface area (Å²) in [6.45, 7) is 1.90. The maximum atomic E-state index is 10.8. The van der Waals surface area contributed by atoms with Crippen LogP contribution in [0.3, 0.4) is 0 Å². The molecule has 0 spiro atoms. The predicted octanol–water partition coefficient (Wildman–Crippen LogP) is 2.10. The number of rotatable bonds is 4. The van der Waals surface area contributed by atoms with Crippen LogP contribution in [0.4, 0.5) is 0 Å². The maximum absolute atomic E-state index is 10.8. The minimum atomic E-state index is -1.11. The molecule has 0 unspecified atom stereocenters. The molecule has 100 valence electrons. The number of ether oxygens (including phenoxy) is 2. The number of hydrogen-bond donors (Lipinski definition) is 2. The summed E-state index contributed by atoms with van der Waals surface area (Å²) < 4.78 is 10.6. The van der Waals surface area contributed by atoms with Crippen LogP contribution in [0, 0.1) is 6.92 Å². The molecule has 2 rings (SSSR count). The molecule has 0 fully saturated rings. The van der Waals surface area contributed by atoms with Crippen LogP contribution in [0.25, 0.3) is 11.3 Å². The molecule has 0 bridgehead atoms. The Bertz CT molecular complexity index is 619. The Balaban J connectivity index is 2.55. The SMILES string of the molecule is COc1cc(-c2cnc(C(=O)O)[nH]2)c(OC)cc1C. The second-order valence-electron chi connectivity index (χ2n) is 3.97.